The Morgan fingerprint density at radius 1 is 1.25 bits per heavy atom. The topological polar surface area (TPSA) is 119 Å². The number of aryl methyl sites for hydroxylation is 1. The van der Waals surface area contributed by atoms with E-state index in [1.54, 1.807) is 23.9 Å². The van der Waals surface area contributed by atoms with Crippen molar-refractivity contribution < 1.29 is 14.9 Å². The molecule has 0 spiro atoms. The Morgan fingerprint density at radius 3 is 2.88 bits per heavy atom. The third kappa shape index (κ3) is 3.31. The quantitative estimate of drug-likeness (QED) is 0.443. The first-order valence-corrected chi connectivity index (χ1v) is 10.8. The van der Waals surface area contributed by atoms with Crippen LogP contribution in [0.3, 0.4) is 0 Å². The summed E-state index contributed by atoms with van der Waals surface area (Å²) in [5.41, 5.74) is 7.76. The molecule has 4 N–H and O–H groups in total. The van der Waals surface area contributed by atoms with Gasteiger partial charge in [0.2, 0.25) is 0 Å². The van der Waals surface area contributed by atoms with Gasteiger partial charge in [-0.15, -0.1) is 0 Å². The van der Waals surface area contributed by atoms with Gasteiger partial charge in [-0.25, -0.2) is 15.0 Å². The molecular weight excluding hydrogens is 406 g/mol. The molecule has 1 saturated carbocycles. The van der Waals surface area contributed by atoms with Crippen molar-refractivity contribution in [1.29, 1.82) is 0 Å². The van der Waals surface area contributed by atoms with Crippen LogP contribution in [0.2, 0.25) is 0 Å². The molecule has 3 aromatic heterocycles. The Hall–Kier alpha value is -3.07. The molecule has 4 atom stereocenters. The zero-order valence-corrected chi connectivity index (χ0v) is 18.1. The Morgan fingerprint density at radius 2 is 2.06 bits per heavy atom. The molecule has 1 aromatic carbocycles. The number of rotatable bonds is 5. The Bertz CT molecular complexity index is 1290. The number of nitrogen functional groups attached to an aromatic ring is 1. The van der Waals surface area contributed by atoms with E-state index in [0.717, 1.165) is 34.0 Å². The molecule has 0 unspecified atom stereocenters. The van der Waals surface area contributed by atoms with Crippen molar-refractivity contribution in [2.45, 2.75) is 44.1 Å². The number of fused-ring (bicyclic) bond motifs is 2. The summed E-state index contributed by atoms with van der Waals surface area (Å²) in [6.45, 7) is 1.89. The van der Waals surface area contributed by atoms with Gasteiger partial charge in [0.05, 0.1) is 17.3 Å². The molecule has 4 aromatic rings. The maximum absolute atomic E-state index is 11.6. The highest BCUT2D eigenvalue weighted by Crippen LogP contribution is 2.44. The minimum atomic E-state index is -1.44. The molecule has 8 heteroatoms. The lowest BCUT2D eigenvalue weighted by atomic mass is 9.90. The van der Waals surface area contributed by atoms with Crippen molar-refractivity contribution in [3.63, 3.8) is 0 Å². The number of hydrogen-bond acceptors (Lipinski definition) is 7. The molecule has 166 valence electrons. The van der Waals surface area contributed by atoms with Crippen LogP contribution < -0.4 is 5.73 Å². The number of aliphatic hydroxyl groups excluding tert-OH is 1. The standard InChI is InChI=1S/C24H27N5O3/c1-14-18-8-10-29(22(18)27-13-26-14)23(30)24(31)9-7-17(21(24)32-2)11-15-3-4-16-5-6-20(25)28-19(16)12-15/h3-6,8,10,12-13,17,21,23,30-31H,7,9,11H2,1-2H3,(H2,25,28)/t17-,21+,23+,24+/m0/s1. The van der Waals surface area contributed by atoms with Crippen molar-refractivity contribution in [3.05, 3.63) is 60.2 Å². The third-order valence-corrected chi connectivity index (χ3v) is 6.79. The summed E-state index contributed by atoms with van der Waals surface area (Å²) >= 11 is 0. The summed E-state index contributed by atoms with van der Waals surface area (Å²) in [5, 5.41) is 24.7. The van der Waals surface area contributed by atoms with Gasteiger partial charge in [0, 0.05) is 24.1 Å². The minimum Gasteiger partial charge on any atom is -0.384 e. The van der Waals surface area contributed by atoms with Gasteiger partial charge in [-0.1, -0.05) is 12.1 Å². The number of nitrogens with two attached hydrogens (primary N) is 1. The lowest BCUT2D eigenvalue weighted by Gasteiger charge is -2.36. The molecule has 0 aliphatic heterocycles. The van der Waals surface area contributed by atoms with Crippen LogP contribution in [0.1, 0.15) is 30.3 Å². The maximum Gasteiger partial charge on any atom is 0.163 e. The first-order chi connectivity index (χ1) is 15.4. The van der Waals surface area contributed by atoms with Crippen molar-refractivity contribution >= 4 is 27.8 Å². The zero-order valence-electron chi connectivity index (χ0n) is 18.1. The highest BCUT2D eigenvalue weighted by Gasteiger charge is 2.53. The SMILES string of the molecule is CO[C@@H]1[C@H](Cc2ccc3ccc(N)nc3c2)CC[C@]1(O)[C@@H](O)n1ccc2c(C)ncnc21. The lowest BCUT2D eigenvalue weighted by Crippen LogP contribution is -2.48. The van der Waals surface area contributed by atoms with E-state index in [0.29, 0.717) is 24.3 Å². The number of ether oxygens (including phenoxy) is 1. The molecule has 0 amide bonds. The normalized spacial score (nSPS) is 24.4. The highest BCUT2D eigenvalue weighted by atomic mass is 16.5. The van der Waals surface area contributed by atoms with E-state index >= 15 is 0 Å². The first-order valence-electron chi connectivity index (χ1n) is 10.8. The molecular formula is C24H27N5O3. The summed E-state index contributed by atoms with van der Waals surface area (Å²) in [7, 11) is 1.59. The van der Waals surface area contributed by atoms with E-state index in [2.05, 4.69) is 21.0 Å². The van der Waals surface area contributed by atoms with Crippen LogP contribution >= 0.6 is 0 Å². The number of nitrogens with zero attached hydrogens (tertiary/aromatic N) is 4. The average Bonchev–Trinajstić information content (AvgIpc) is 3.35. The molecule has 0 saturated heterocycles. The van der Waals surface area contributed by atoms with Crippen LogP contribution in [0, 0.1) is 12.8 Å². The molecule has 0 radical (unpaired) electrons. The van der Waals surface area contributed by atoms with Crippen LogP contribution in [-0.2, 0) is 11.2 Å². The molecule has 3 heterocycles. The van der Waals surface area contributed by atoms with Crippen LogP contribution in [0.15, 0.2) is 48.9 Å². The number of methoxy groups -OCH3 is 1. The fraction of sp³-hybridized carbons (Fsp3) is 0.375. The second-order valence-corrected chi connectivity index (χ2v) is 8.71. The van der Waals surface area contributed by atoms with E-state index in [1.807, 2.05) is 31.2 Å². The van der Waals surface area contributed by atoms with Gasteiger partial charge in [-0.2, -0.15) is 0 Å². The van der Waals surface area contributed by atoms with Gasteiger partial charge in [-0.3, -0.25) is 0 Å². The molecule has 32 heavy (non-hydrogen) atoms. The van der Waals surface area contributed by atoms with Gasteiger partial charge in [0.25, 0.3) is 0 Å². The van der Waals surface area contributed by atoms with E-state index in [9.17, 15) is 10.2 Å². The van der Waals surface area contributed by atoms with Crippen LogP contribution in [-0.4, -0.2) is 48.5 Å². The number of aliphatic hydroxyl groups is 2. The fourth-order valence-corrected chi connectivity index (χ4v) is 5.14. The van der Waals surface area contributed by atoms with Crippen molar-refractivity contribution in [2.24, 2.45) is 5.92 Å². The summed E-state index contributed by atoms with van der Waals surface area (Å²) in [6, 6.07) is 11.7. The van der Waals surface area contributed by atoms with Gasteiger partial charge in [0.15, 0.2) is 6.23 Å². The highest BCUT2D eigenvalue weighted by molar-refractivity contribution is 5.80. The summed E-state index contributed by atoms with van der Waals surface area (Å²) < 4.78 is 7.39. The molecule has 5 rings (SSSR count). The zero-order chi connectivity index (χ0) is 22.5. The molecule has 0 bridgehead atoms. The number of anilines is 1. The molecule has 1 fully saturated rings. The fourth-order valence-electron chi connectivity index (χ4n) is 5.14. The second kappa shape index (κ2) is 7.81. The Kier molecular flexibility index (Phi) is 5.08. The number of aromatic nitrogens is 4. The maximum atomic E-state index is 11.6. The van der Waals surface area contributed by atoms with Crippen LogP contribution in [0.4, 0.5) is 5.82 Å². The smallest absolute Gasteiger partial charge is 0.163 e. The monoisotopic (exact) mass is 433 g/mol. The van der Waals surface area contributed by atoms with Gasteiger partial charge in [-0.05, 0) is 61.9 Å². The van der Waals surface area contributed by atoms with Gasteiger partial charge >= 0.3 is 0 Å². The van der Waals surface area contributed by atoms with E-state index < -0.39 is 17.9 Å². The average molecular weight is 434 g/mol. The number of pyridine rings is 1. The predicted molar refractivity (Wildman–Crippen MR) is 122 cm³/mol. The number of benzene rings is 1. The van der Waals surface area contributed by atoms with Gasteiger partial charge < -0.3 is 25.3 Å². The van der Waals surface area contributed by atoms with E-state index in [-0.39, 0.29) is 5.92 Å². The summed E-state index contributed by atoms with van der Waals surface area (Å²) in [6.07, 6.45) is 3.32. The van der Waals surface area contributed by atoms with Crippen molar-refractivity contribution in [3.8, 4) is 0 Å². The van der Waals surface area contributed by atoms with Gasteiger partial charge in [0.1, 0.15) is 23.4 Å². The number of hydrogen-bond donors (Lipinski definition) is 3. The second-order valence-electron chi connectivity index (χ2n) is 8.71. The Labute approximate surface area is 185 Å². The van der Waals surface area contributed by atoms with Crippen molar-refractivity contribution in [1.82, 2.24) is 19.5 Å². The molecule has 1 aliphatic rings. The predicted octanol–water partition coefficient (Wildman–Crippen LogP) is 2.76. The van der Waals surface area contributed by atoms with E-state index in [4.69, 9.17) is 10.5 Å². The van der Waals surface area contributed by atoms with E-state index in [1.165, 1.54) is 6.33 Å². The summed E-state index contributed by atoms with van der Waals surface area (Å²) in [5.74, 6) is 0.525. The molecule has 1 aliphatic carbocycles. The first kappa shape index (κ1) is 20.8. The third-order valence-electron chi connectivity index (χ3n) is 6.79. The summed E-state index contributed by atoms with van der Waals surface area (Å²) in [4.78, 5) is 12.9. The van der Waals surface area contributed by atoms with Crippen LogP contribution in [0.25, 0.3) is 21.9 Å². The Balaban J connectivity index is 1.43. The lowest BCUT2D eigenvalue weighted by molar-refractivity contribution is -0.174. The minimum absolute atomic E-state index is 0.0383. The molecule has 8 nitrogen and oxygen atoms in total. The van der Waals surface area contributed by atoms with Crippen LogP contribution in [0.5, 0.6) is 0 Å². The largest absolute Gasteiger partial charge is 0.384 e. The van der Waals surface area contributed by atoms with Crippen molar-refractivity contribution in [2.75, 3.05) is 12.8 Å².